The standard InChI is InChI=1S/C19H23N3O2/c1-19(2,3)24-18(23)11-21-16-9-14-13-6-4-5-7-15(13)22-17(14)8-12(16)10-20/h4-7,12,16,21-22H,8-9,11H2,1-3H3. The monoisotopic (exact) mass is 325 g/mol. The summed E-state index contributed by atoms with van der Waals surface area (Å²) in [6, 6.07) is 10.5. The first-order chi connectivity index (χ1) is 11.4. The first kappa shape index (κ1) is 16.5. The molecule has 0 radical (unpaired) electrons. The van der Waals surface area contributed by atoms with E-state index in [9.17, 15) is 10.1 Å². The van der Waals surface area contributed by atoms with E-state index in [-0.39, 0.29) is 24.5 Å². The van der Waals surface area contributed by atoms with Gasteiger partial charge in [0.25, 0.3) is 0 Å². The van der Waals surface area contributed by atoms with Crippen LogP contribution >= 0.6 is 0 Å². The van der Waals surface area contributed by atoms with Gasteiger partial charge in [0.15, 0.2) is 0 Å². The fourth-order valence-electron chi connectivity index (χ4n) is 3.33. The molecular formula is C19H23N3O2. The highest BCUT2D eigenvalue weighted by Crippen LogP contribution is 2.31. The molecule has 0 amide bonds. The van der Waals surface area contributed by atoms with Crippen LogP contribution in [-0.2, 0) is 22.4 Å². The number of fused-ring (bicyclic) bond motifs is 3. The number of hydrogen-bond acceptors (Lipinski definition) is 4. The lowest BCUT2D eigenvalue weighted by molar-refractivity contribution is -0.153. The molecule has 126 valence electrons. The molecule has 0 fully saturated rings. The topological polar surface area (TPSA) is 77.9 Å². The molecule has 5 heteroatoms. The first-order valence-corrected chi connectivity index (χ1v) is 8.30. The molecule has 3 rings (SSSR count). The summed E-state index contributed by atoms with van der Waals surface area (Å²) < 4.78 is 5.33. The molecule has 1 aromatic carbocycles. The van der Waals surface area contributed by atoms with Crippen molar-refractivity contribution in [1.29, 1.82) is 5.26 Å². The lowest BCUT2D eigenvalue weighted by Crippen LogP contribution is -2.44. The average Bonchev–Trinajstić information content (AvgIpc) is 2.87. The van der Waals surface area contributed by atoms with E-state index in [2.05, 4.69) is 28.5 Å². The zero-order chi connectivity index (χ0) is 17.3. The van der Waals surface area contributed by atoms with Crippen molar-refractivity contribution in [2.45, 2.75) is 45.3 Å². The number of nitrogens with one attached hydrogen (secondary N) is 2. The van der Waals surface area contributed by atoms with Crippen LogP contribution in [0.25, 0.3) is 10.9 Å². The number of nitrogens with zero attached hydrogens (tertiary/aromatic N) is 1. The number of aromatic amines is 1. The van der Waals surface area contributed by atoms with Crippen LogP contribution in [0.2, 0.25) is 0 Å². The number of benzene rings is 1. The maximum Gasteiger partial charge on any atom is 0.320 e. The number of aromatic nitrogens is 1. The van der Waals surface area contributed by atoms with Crippen LogP contribution < -0.4 is 5.32 Å². The van der Waals surface area contributed by atoms with Gasteiger partial charge < -0.3 is 15.0 Å². The second-order valence-corrected chi connectivity index (χ2v) is 7.35. The molecule has 2 N–H and O–H groups in total. The predicted molar refractivity (Wildman–Crippen MR) is 92.4 cm³/mol. The van der Waals surface area contributed by atoms with Crippen molar-refractivity contribution in [3.05, 3.63) is 35.5 Å². The minimum absolute atomic E-state index is 0.0470. The summed E-state index contributed by atoms with van der Waals surface area (Å²) in [5, 5.41) is 13.9. The number of para-hydroxylation sites is 1. The van der Waals surface area contributed by atoms with Gasteiger partial charge in [-0.1, -0.05) is 18.2 Å². The van der Waals surface area contributed by atoms with Gasteiger partial charge in [0.1, 0.15) is 5.60 Å². The second kappa shape index (κ2) is 6.29. The maximum atomic E-state index is 11.9. The van der Waals surface area contributed by atoms with Crippen molar-refractivity contribution in [3.63, 3.8) is 0 Å². The molecule has 2 aromatic rings. The normalized spacial score (nSPS) is 20.4. The first-order valence-electron chi connectivity index (χ1n) is 8.30. The summed E-state index contributed by atoms with van der Waals surface area (Å²) in [6.07, 6.45) is 1.41. The molecule has 2 unspecified atom stereocenters. The van der Waals surface area contributed by atoms with Crippen molar-refractivity contribution in [2.75, 3.05) is 6.54 Å². The molecule has 1 aliphatic carbocycles. The van der Waals surface area contributed by atoms with Crippen LogP contribution in [0.4, 0.5) is 0 Å². The Balaban J connectivity index is 1.75. The Morgan fingerprint density at radius 3 is 2.83 bits per heavy atom. The summed E-state index contributed by atoms with van der Waals surface area (Å²) in [7, 11) is 0. The Morgan fingerprint density at radius 1 is 1.38 bits per heavy atom. The quantitative estimate of drug-likeness (QED) is 0.851. The Kier molecular flexibility index (Phi) is 4.33. The third-order valence-corrected chi connectivity index (χ3v) is 4.33. The number of H-pyrrole nitrogens is 1. The van der Waals surface area contributed by atoms with Gasteiger partial charge in [-0.15, -0.1) is 0 Å². The molecule has 0 bridgehead atoms. The van der Waals surface area contributed by atoms with Crippen LogP contribution in [0.15, 0.2) is 24.3 Å². The number of carbonyl (C=O) groups is 1. The fraction of sp³-hybridized carbons (Fsp3) is 0.474. The number of carbonyl (C=O) groups excluding carboxylic acids is 1. The van der Waals surface area contributed by atoms with Crippen LogP contribution in [-0.4, -0.2) is 29.1 Å². The summed E-state index contributed by atoms with van der Waals surface area (Å²) in [5.74, 6) is -0.447. The molecule has 5 nitrogen and oxygen atoms in total. The summed E-state index contributed by atoms with van der Waals surface area (Å²) >= 11 is 0. The molecular weight excluding hydrogens is 302 g/mol. The molecule has 1 aromatic heterocycles. The lowest BCUT2D eigenvalue weighted by atomic mass is 9.83. The zero-order valence-electron chi connectivity index (χ0n) is 14.3. The third kappa shape index (κ3) is 3.44. The highest BCUT2D eigenvalue weighted by Gasteiger charge is 2.31. The van der Waals surface area contributed by atoms with Crippen molar-refractivity contribution in [1.82, 2.24) is 10.3 Å². The van der Waals surface area contributed by atoms with E-state index in [4.69, 9.17) is 4.74 Å². The Morgan fingerprint density at radius 2 is 2.12 bits per heavy atom. The summed E-state index contributed by atoms with van der Waals surface area (Å²) in [6.45, 7) is 5.67. The zero-order valence-corrected chi connectivity index (χ0v) is 14.3. The fourth-order valence-corrected chi connectivity index (χ4v) is 3.33. The SMILES string of the molecule is CC(C)(C)OC(=O)CNC1Cc2c([nH]c3ccccc23)CC1C#N. The van der Waals surface area contributed by atoms with E-state index in [1.54, 1.807) is 0 Å². The van der Waals surface area contributed by atoms with E-state index < -0.39 is 5.60 Å². The number of rotatable bonds is 3. The summed E-state index contributed by atoms with van der Waals surface area (Å²) in [5.41, 5.74) is 2.99. The van der Waals surface area contributed by atoms with Crippen LogP contribution in [0, 0.1) is 17.2 Å². The van der Waals surface area contributed by atoms with E-state index >= 15 is 0 Å². The van der Waals surface area contributed by atoms with Crippen molar-refractivity contribution in [3.8, 4) is 6.07 Å². The molecule has 0 spiro atoms. The Bertz CT molecular complexity index is 795. The molecule has 1 heterocycles. The van der Waals surface area contributed by atoms with Crippen LogP contribution in [0.3, 0.4) is 0 Å². The van der Waals surface area contributed by atoms with Gasteiger partial charge in [0.05, 0.1) is 18.5 Å². The van der Waals surface area contributed by atoms with Gasteiger partial charge in [0, 0.05) is 29.1 Å². The van der Waals surface area contributed by atoms with Gasteiger partial charge >= 0.3 is 5.97 Å². The number of esters is 1. The van der Waals surface area contributed by atoms with Gasteiger partial charge in [-0.25, -0.2) is 0 Å². The largest absolute Gasteiger partial charge is 0.459 e. The highest BCUT2D eigenvalue weighted by molar-refractivity contribution is 5.85. The molecule has 1 aliphatic rings. The molecule has 0 saturated heterocycles. The number of hydrogen-bond donors (Lipinski definition) is 2. The minimum atomic E-state index is -0.496. The van der Waals surface area contributed by atoms with Crippen LogP contribution in [0.1, 0.15) is 32.0 Å². The van der Waals surface area contributed by atoms with Gasteiger partial charge in [0.2, 0.25) is 0 Å². The van der Waals surface area contributed by atoms with Crippen molar-refractivity contribution >= 4 is 16.9 Å². The van der Waals surface area contributed by atoms with Crippen LogP contribution in [0.5, 0.6) is 0 Å². The maximum absolute atomic E-state index is 11.9. The van der Waals surface area contributed by atoms with E-state index in [1.165, 1.54) is 10.9 Å². The van der Waals surface area contributed by atoms with Gasteiger partial charge in [-0.3, -0.25) is 4.79 Å². The molecule has 2 atom stereocenters. The van der Waals surface area contributed by atoms with E-state index in [0.717, 1.165) is 17.6 Å². The number of nitriles is 1. The molecule has 0 aliphatic heterocycles. The second-order valence-electron chi connectivity index (χ2n) is 7.35. The van der Waals surface area contributed by atoms with E-state index in [0.29, 0.717) is 6.42 Å². The van der Waals surface area contributed by atoms with Crippen molar-refractivity contribution < 1.29 is 9.53 Å². The third-order valence-electron chi connectivity index (χ3n) is 4.33. The molecule has 24 heavy (non-hydrogen) atoms. The average molecular weight is 325 g/mol. The smallest absolute Gasteiger partial charge is 0.320 e. The summed E-state index contributed by atoms with van der Waals surface area (Å²) in [4.78, 5) is 15.4. The predicted octanol–water partition coefficient (Wildman–Crippen LogP) is 2.71. The number of ether oxygens (including phenoxy) is 1. The van der Waals surface area contributed by atoms with Crippen molar-refractivity contribution in [2.24, 2.45) is 5.92 Å². The molecule has 0 saturated carbocycles. The van der Waals surface area contributed by atoms with E-state index in [1.807, 2.05) is 32.9 Å². The van der Waals surface area contributed by atoms with Gasteiger partial charge in [-0.2, -0.15) is 5.26 Å². The van der Waals surface area contributed by atoms with Gasteiger partial charge in [-0.05, 0) is 38.8 Å². The minimum Gasteiger partial charge on any atom is -0.459 e. The highest BCUT2D eigenvalue weighted by atomic mass is 16.6. The Hall–Kier alpha value is -2.32. The Labute approximate surface area is 142 Å². The lowest BCUT2D eigenvalue weighted by Gasteiger charge is -2.28.